The molecule has 0 bridgehead atoms. The largest absolute Gasteiger partial charge is 0.465 e. The molecule has 15 heavy (non-hydrogen) atoms. The number of hydrogen-bond acceptors (Lipinski definition) is 1. The summed E-state index contributed by atoms with van der Waals surface area (Å²) >= 11 is 0. The fourth-order valence-corrected chi connectivity index (χ4v) is 1.41. The van der Waals surface area contributed by atoms with Crippen molar-refractivity contribution in [3.63, 3.8) is 0 Å². The van der Waals surface area contributed by atoms with E-state index in [1.54, 1.807) is 0 Å². The zero-order valence-corrected chi connectivity index (χ0v) is 9.37. The van der Waals surface area contributed by atoms with Crippen molar-refractivity contribution >= 4 is 6.09 Å². The smallest absolute Gasteiger partial charge is 0.404 e. The first-order chi connectivity index (χ1) is 7.00. The second-order valence-corrected chi connectivity index (χ2v) is 4.00. The highest BCUT2D eigenvalue weighted by Gasteiger charge is 2.04. The van der Waals surface area contributed by atoms with E-state index in [4.69, 9.17) is 5.11 Å². The Kier molecular flexibility index (Phi) is 3.72. The van der Waals surface area contributed by atoms with Crippen LogP contribution in [0, 0.1) is 6.92 Å². The minimum Gasteiger partial charge on any atom is -0.465 e. The van der Waals surface area contributed by atoms with E-state index < -0.39 is 6.09 Å². The molecule has 0 spiro atoms. The lowest BCUT2D eigenvalue weighted by Gasteiger charge is -2.11. The third-order valence-corrected chi connectivity index (χ3v) is 2.47. The molecular formula is C12H17NO2. The Hall–Kier alpha value is -1.51. The minimum atomic E-state index is -0.982. The van der Waals surface area contributed by atoms with Crippen molar-refractivity contribution in [1.29, 1.82) is 0 Å². The summed E-state index contributed by atoms with van der Waals surface area (Å²) in [5.41, 5.74) is 3.40. The molecule has 2 N–H and O–H groups in total. The molecule has 0 fully saturated rings. The number of benzene rings is 1. The molecule has 1 aromatic rings. The molecule has 3 heteroatoms. The Bertz CT molecular complexity index is 359. The Labute approximate surface area is 90.1 Å². The Morgan fingerprint density at radius 3 is 2.67 bits per heavy atom. The Morgan fingerprint density at radius 1 is 1.47 bits per heavy atom. The van der Waals surface area contributed by atoms with Gasteiger partial charge in [-0.3, -0.25) is 0 Å². The van der Waals surface area contributed by atoms with Gasteiger partial charge in [0.2, 0.25) is 0 Å². The summed E-state index contributed by atoms with van der Waals surface area (Å²) in [6.45, 7) is 6.61. The van der Waals surface area contributed by atoms with Crippen molar-refractivity contribution in [3.8, 4) is 0 Å². The number of amides is 1. The van der Waals surface area contributed by atoms with Gasteiger partial charge in [-0.25, -0.2) is 4.79 Å². The van der Waals surface area contributed by atoms with Crippen molar-refractivity contribution in [2.24, 2.45) is 0 Å². The van der Waals surface area contributed by atoms with Crippen LogP contribution in [0.4, 0.5) is 4.79 Å². The van der Waals surface area contributed by atoms with Gasteiger partial charge in [0.1, 0.15) is 0 Å². The first-order valence-corrected chi connectivity index (χ1v) is 5.07. The Morgan fingerprint density at radius 2 is 2.13 bits per heavy atom. The average molecular weight is 207 g/mol. The summed E-state index contributed by atoms with van der Waals surface area (Å²) in [4.78, 5) is 10.4. The van der Waals surface area contributed by atoms with Gasteiger partial charge >= 0.3 is 6.09 Å². The van der Waals surface area contributed by atoms with E-state index in [9.17, 15) is 4.79 Å². The highest BCUT2D eigenvalue weighted by atomic mass is 16.4. The number of aryl methyl sites for hydroxylation is 1. The molecule has 1 rings (SSSR count). The average Bonchev–Trinajstić information content (AvgIpc) is 2.16. The summed E-state index contributed by atoms with van der Waals surface area (Å²) in [5, 5.41) is 10.9. The summed E-state index contributed by atoms with van der Waals surface area (Å²) in [6, 6.07) is 6.19. The maximum absolute atomic E-state index is 10.4. The third kappa shape index (κ3) is 3.27. The predicted molar refractivity (Wildman–Crippen MR) is 60.1 cm³/mol. The standard InChI is InChI=1S/C12H17NO2/c1-8(2)10-5-4-9(3)11(6-10)7-13-12(14)15/h4-6,8,13H,7H2,1-3H3,(H,14,15). The van der Waals surface area contributed by atoms with Gasteiger partial charge in [0.05, 0.1) is 0 Å². The molecular weight excluding hydrogens is 190 g/mol. The first-order valence-electron chi connectivity index (χ1n) is 5.07. The zero-order valence-electron chi connectivity index (χ0n) is 9.37. The molecule has 0 aromatic heterocycles. The molecule has 0 aliphatic rings. The van der Waals surface area contributed by atoms with Crippen molar-refractivity contribution in [1.82, 2.24) is 5.32 Å². The molecule has 82 valence electrons. The topological polar surface area (TPSA) is 49.3 Å². The van der Waals surface area contributed by atoms with Crippen LogP contribution in [0.5, 0.6) is 0 Å². The summed E-state index contributed by atoms with van der Waals surface area (Å²) in [5.74, 6) is 0.467. The van der Waals surface area contributed by atoms with Gasteiger partial charge in [0.15, 0.2) is 0 Å². The molecule has 0 aliphatic heterocycles. The molecule has 0 saturated carbocycles. The quantitative estimate of drug-likeness (QED) is 0.800. The monoisotopic (exact) mass is 207 g/mol. The number of carbonyl (C=O) groups is 1. The van der Waals surface area contributed by atoms with E-state index in [1.807, 2.05) is 13.0 Å². The van der Waals surface area contributed by atoms with E-state index in [0.717, 1.165) is 11.1 Å². The molecule has 1 amide bonds. The number of nitrogens with one attached hydrogen (secondary N) is 1. The van der Waals surface area contributed by atoms with Crippen molar-refractivity contribution in [3.05, 3.63) is 34.9 Å². The third-order valence-electron chi connectivity index (χ3n) is 2.47. The molecule has 0 aliphatic carbocycles. The van der Waals surface area contributed by atoms with Crippen LogP contribution in [0.3, 0.4) is 0 Å². The van der Waals surface area contributed by atoms with Gasteiger partial charge in [0, 0.05) is 6.54 Å². The van der Waals surface area contributed by atoms with Crippen molar-refractivity contribution in [2.45, 2.75) is 33.2 Å². The van der Waals surface area contributed by atoms with Gasteiger partial charge in [-0.05, 0) is 29.5 Å². The van der Waals surface area contributed by atoms with Gasteiger partial charge < -0.3 is 10.4 Å². The summed E-state index contributed by atoms with van der Waals surface area (Å²) < 4.78 is 0. The molecule has 1 aromatic carbocycles. The molecule has 0 unspecified atom stereocenters. The number of rotatable bonds is 3. The second kappa shape index (κ2) is 4.82. The molecule has 0 heterocycles. The van der Waals surface area contributed by atoms with Crippen LogP contribution >= 0.6 is 0 Å². The summed E-state index contributed by atoms with van der Waals surface area (Å²) in [7, 11) is 0. The van der Waals surface area contributed by atoms with Crippen LogP contribution in [0.25, 0.3) is 0 Å². The zero-order chi connectivity index (χ0) is 11.4. The second-order valence-electron chi connectivity index (χ2n) is 4.00. The van der Waals surface area contributed by atoms with Crippen LogP contribution < -0.4 is 5.32 Å². The van der Waals surface area contributed by atoms with E-state index in [1.165, 1.54) is 5.56 Å². The van der Waals surface area contributed by atoms with E-state index >= 15 is 0 Å². The Balaban J connectivity index is 2.85. The summed E-state index contributed by atoms with van der Waals surface area (Å²) in [6.07, 6.45) is -0.982. The highest BCUT2D eigenvalue weighted by molar-refractivity contribution is 5.64. The normalized spacial score (nSPS) is 10.4. The lowest BCUT2D eigenvalue weighted by Crippen LogP contribution is -2.20. The molecule has 0 atom stereocenters. The van der Waals surface area contributed by atoms with Gasteiger partial charge in [-0.2, -0.15) is 0 Å². The van der Waals surface area contributed by atoms with Gasteiger partial charge in [0.25, 0.3) is 0 Å². The van der Waals surface area contributed by atoms with Crippen LogP contribution in [0.15, 0.2) is 18.2 Å². The fourth-order valence-electron chi connectivity index (χ4n) is 1.41. The van der Waals surface area contributed by atoms with Crippen LogP contribution in [0.2, 0.25) is 0 Å². The SMILES string of the molecule is Cc1ccc(C(C)C)cc1CNC(=O)O. The van der Waals surface area contributed by atoms with Crippen LogP contribution in [-0.4, -0.2) is 11.2 Å². The molecule has 0 radical (unpaired) electrons. The van der Waals surface area contributed by atoms with Crippen LogP contribution in [0.1, 0.15) is 36.5 Å². The molecule has 0 saturated heterocycles. The number of carboxylic acid groups (broad SMARTS) is 1. The lowest BCUT2D eigenvalue weighted by atomic mass is 9.98. The van der Waals surface area contributed by atoms with E-state index in [0.29, 0.717) is 12.5 Å². The maximum Gasteiger partial charge on any atom is 0.404 e. The minimum absolute atomic E-state index is 0.377. The lowest BCUT2D eigenvalue weighted by molar-refractivity contribution is 0.194. The maximum atomic E-state index is 10.4. The first kappa shape index (κ1) is 11.6. The highest BCUT2D eigenvalue weighted by Crippen LogP contribution is 2.18. The molecule has 3 nitrogen and oxygen atoms in total. The van der Waals surface area contributed by atoms with E-state index in [2.05, 4.69) is 31.3 Å². The van der Waals surface area contributed by atoms with Gasteiger partial charge in [-0.1, -0.05) is 32.0 Å². The fraction of sp³-hybridized carbons (Fsp3) is 0.417. The van der Waals surface area contributed by atoms with Gasteiger partial charge in [-0.15, -0.1) is 0 Å². The van der Waals surface area contributed by atoms with E-state index in [-0.39, 0.29) is 0 Å². The van der Waals surface area contributed by atoms with Crippen molar-refractivity contribution < 1.29 is 9.90 Å². The predicted octanol–water partition coefficient (Wildman–Crippen LogP) is 2.89. The number of hydrogen-bond donors (Lipinski definition) is 2. The van der Waals surface area contributed by atoms with Crippen LogP contribution in [-0.2, 0) is 6.54 Å². The van der Waals surface area contributed by atoms with Crippen molar-refractivity contribution in [2.75, 3.05) is 0 Å².